The first-order valence-corrected chi connectivity index (χ1v) is 13.8. The molecule has 214 valence electrons. The van der Waals surface area contributed by atoms with E-state index in [1.54, 1.807) is 36.4 Å². The molecule has 0 fully saturated rings. The normalized spacial score (nSPS) is 14.7. The van der Waals surface area contributed by atoms with Gasteiger partial charge in [0.2, 0.25) is 0 Å². The fraction of sp³-hybridized carbons (Fsp3) is 0.214. The van der Waals surface area contributed by atoms with Crippen LogP contribution < -0.4 is 5.56 Å². The molecular formula is C28H20F6N2O4S. The van der Waals surface area contributed by atoms with Crippen molar-refractivity contribution in [2.45, 2.75) is 30.3 Å². The van der Waals surface area contributed by atoms with E-state index in [1.807, 2.05) is 0 Å². The monoisotopic (exact) mass is 594 g/mol. The molecule has 0 saturated heterocycles. The largest absolute Gasteiger partial charge is 0.416 e. The zero-order valence-electron chi connectivity index (χ0n) is 21.2. The number of sulfone groups is 1. The third-order valence-electron chi connectivity index (χ3n) is 6.86. The Bertz CT molecular complexity index is 1830. The van der Waals surface area contributed by atoms with Crippen molar-refractivity contribution >= 4 is 26.6 Å². The van der Waals surface area contributed by atoms with Crippen LogP contribution in [0.25, 0.3) is 22.0 Å². The minimum Gasteiger partial charge on any atom is -0.337 e. The molecule has 0 atom stereocenters. The number of halogens is 6. The maximum absolute atomic E-state index is 13.8. The molecule has 6 nitrogen and oxygen atoms in total. The molecule has 1 aliphatic rings. The third kappa shape index (κ3) is 5.09. The summed E-state index contributed by atoms with van der Waals surface area (Å²) < 4.78 is 107. The highest BCUT2D eigenvalue weighted by Crippen LogP contribution is 2.38. The second-order valence-corrected chi connectivity index (χ2v) is 11.7. The number of aromatic nitrogens is 1. The van der Waals surface area contributed by atoms with Crippen LogP contribution in [0, 0.1) is 0 Å². The van der Waals surface area contributed by atoms with Gasteiger partial charge in [-0.3, -0.25) is 9.59 Å². The van der Waals surface area contributed by atoms with E-state index < -0.39 is 62.6 Å². The van der Waals surface area contributed by atoms with Crippen molar-refractivity contribution in [3.63, 3.8) is 0 Å². The lowest BCUT2D eigenvalue weighted by Crippen LogP contribution is -2.38. The maximum Gasteiger partial charge on any atom is 0.416 e. The summed E-state index contributed by atoms with van der Waals surface area (Å²) in [6.07, 6.45) is -10.1. The van der Waals surface area contributed by atoms with E-state index in [-0.39, 0.29) is 39.5 Å². The van der Waals surface area contributed by atoms with Gasteiger partial charge in [0, 0.05) is 31.1 Å². The zero-order valence-corrected chi connectivity index (χ0v) is 22.0. The highest BCUT2D eigenvalue weighted by atomic mass is 32.2. The molecule has 5 rings (SSSR count). The van der Waals surface area contributed by atoms with Gasteiger partial charge in [-0.15, -0.1) is 0 Å². The SMILES string of the molecule is CN(Cc1cc(C(F)(F)F)cc(C(F)(F)F)c1)C(=O)c1c(-c2ccccc2)c2cccc3c2n(c1=O)CCS3(=O)=O. The molecule has 0 unspecified atom stereocenters. The number of alkyl halides is 6. The molecular weight excluding hydrogens is 574 g/mol. The fourth-order valence-electron chi connectivity index (χ4n) is 5.02. The lowest BCUT2D eigenvalue weighted by Gasteiger charge is -2.25. The zero-order chi connectivity index (χ0) is 29.9. The number of benzene rings is 3. The van der Waals surface area contributed by atoms with Crippen LogP contribution in [-0.2, 0) is 35.3 Å². The Morgan fingerprint density at radius 3 is 2.10 bits per heavy atom. The number of aryl methyl sites for hydroxylation is 1. The molecule has 0 aliphatic carbocycles. The van der Waals surface area contributed by atoms with E-state index in [1.165, 1.54) is 16.7 Å². The number of hydrogen-bond donors (Lipinski definition) is 0. The second kappa shape index (κ2) is 9.75. The summed E-state index contributed by atoms with van der Waals surface area (Å²) in [5.74, 6) is -1.35. The second-order valence-electron chi connectivity index (χ2n) is 9.62. The Morgan fingerprint density at radius 2 is 1.51 bits per heavy atom. The molecule has 41 heavy (non-hydrogen) atoms. The van der Waals surface area contributed by atoms with E-state index in [0.29, 0.717) is 17.7 Å². The van der Waals surface area contributed by atoms with Crippen LogP contribution in [0.1, 0.15) is 27.0 Å². The average Bonchev–Trinajstić information content (AvgIpc) is 2.90. The summed E-state index contributed by atoms with van der Waals surface area (Å²) in [6, 6.07) is 13.6. The molecule has 0 saturated carbocycles. The van der Waals surface area contributed by atoms with Gasteiger partial charge in [0.15, 0.2) is 9.84 Å². The van der Waals surface area contributed by atoms with Crippen LogP contribution in [0.3, 0.4) is 0 Å². The van der Waals surface area contributed by atoms with Gasteiger partial charge in [-0.1, -0.05) is 42.5 Å². The Kier molecular flexibility index (Phi) is 6.76. The highest BCUT2D eigenvalue weighted by Gasteiger charge is 2.37. The Morgan fingerprint density at radius 1 is 0.902 bits per heavy atom. The lowest BCUT2D eigenvalue weighted by atomic mass is 9.94. The summed E-state index contributed by atoms with van der Waals surface area (Å²) in [5.41, 5.74) is -4.09. The van der Waals surface area contributed by atoms with E-state index in [0.717, 1.165) is 11.9 Å². The van der Waals surface area contributed by atoms with Crippen LogP contribution in [0.5, 0.6) is 0 Å². The predicted octanol–water partition coefficient (Wildman–Crippen LogP) is 5.77. The minimum atomic E-state index is -5.07. The Labute approximate surface area is 229 Å². The summed E-state index contributed by atoms with van der Waals surface area (Å²) >= 11 is 0. The number of pyridine rings is 1. The van der Waals surface area contributed by atoms with Crippen LogP contribution >= 0.6 is 0 Å². The number of amides is 1. The first-order chi connectivity index (χ1) is 19.1. The van der Waals surface area contributed by atoms with Gasteiger partial charge in [0.1, 0.15) is 5.56 Å². The van der Waals surface area contributed by atoms with E-state index in [2.05, 4.69) is 0 Å². The van der Waals surface area contributed by atoms with Crippen LogP contribution in [0.4, 0.5) is 26.3 Å². The molecule has 3 aromatic carbocycles. The van der Waals surface area contributed by atoms with Gasteiger partial charge >= 0.3 is 12.4 Å². The quantitative estimate of drug-likeness (QED) is 0.282. The fourth-order valence-corrected chi connectivity index (χ4v) is 6.46. The molecule has 0 N–H and O–H groups in total. The third-order valence-corrected chi connectivity index (χ3v) is 8.58. The first kappa shape index (κ1) is 28.4. The Balaban J connectivity index is 1.70. The van der Waals surface area contributed by atoms with Gasteiger partial charge in [0.25, 0.3) is 11.5 Å². The molecule has 1 aromatic heterocycles. The molecule has 0 spiro atoms. The van der Waals surface area contributed by atoms with Crippen LogP contribution in [0.2, 0.25) is 0 Å². The first-order valence-electron chi connectivity index (χ1n) is 12.1. The van der Waals surface area contributed by atoms with Crippen molar-refractivity contribution in [3.8, 4) is 11.1 Å². The van der Waals surface area contributed by atoms with E-state index in [4.69, 9.17) is 0 Å². The number of carbonyl (C=O) groups excluding carboxylic acids is 1. The summed E-state index contributed by atoms with van der Waals surface area (Å²) in [5, 5.41) is 0.284. The smallest absolute Gasteiger partial charge is 0.337 e. The average molecular weight is 595 g/mol. The minimum absolute atomic E-state index is 0.00899. The van der Waals surface area contributed by atoms with Gasteiger partial charge in [-0.25, -0.2) is 8.42 Å². The molecule has 2 heterocycles. The molecule has 1 aliphatic heterocycles. The van der Waals surface area contributed by atoms with Crippen molar-refractivity contribution in [1.82, 2.24) is 9.47 Å². The van der Waals surface area contributed by atoms with Crippen LogP contribution in [0.15, 0.2) is 76.4 Å². The number of rotatable bonds is 4. The standard InChI is InChI=1S/C28H20F6N2O4S/c1-35(15-16-12-18(27(29,30)31)14-19(13-16)28(32,33)34)25(37)23-22(17-6-3-2-4-7-17)20-8-5-9-21-24(20)36(26(23)38)10-11-41(21,39)40/h2-9,12-14H,10-11,15H2,1H3. The molecule has 1 amide bonds. The maximum atomic E-state index is 13.8. The number of hydrogen-bond acceptors (Lipinski definition) is 4. The number of carbonyl (C=O) groups is 1. The molecule has 0 bridgehead atoms. The lowest BCUT2D eigenvalue weighted by molar-refractivity contribution is -0.143. The van der Waals surface area contributed by atoms with Gasteiger partial charge < -0.3 is 9.47 Å². The van der Waals surface area contributed by atoms with Crippen molar-refractivity contribution in [3.05, 3.63) is 99.3 Å². The Hall–Kier alpha value is -4.13. The van der Waals surface area contributed by atoms with Crippen molar-refractivity contribution in [2.24, 2.45) is 0 Å². The topological polar surface area (TPSA) is 76.5 Å². The van der Waals surface area contributed by atoms with Gasteiger partial charge in [-0.05, 0) is 35.4 Å². The highest BCUT2D eigenvalue weighted by molar-refractivity contribution is 7.91. The molecule has 13 heteroatoms. The summed E-state index contributed by atoms with van der Waals surface area (Å²) in [4.78, 5) is 28.4. The van der Waals surface area contributed by atoms with Crippen molar-refractivity contribution < 1.29 is 39.6 Å². The van der Waals surface area contributed by atoms with E-state index >= 15 is 0 Å². The number of para-hydroxylation sites is 1. The molecule has 4 aromatic rings. The van der Waals surface area contributed by atoms with Gasteiger partial charge in [0.05, 0.1) is 27.3 Å². The number of nitrogens with zero attached hydrogens (tertiary/aromatic N) is 2. The summed E-state index contributed by atoms with van der Waals surface area (Å²) in [6.45, 7) is -0.914. The van der Waals surface area contributed by atoms with Crippen molar-refractivity contribution in [1.29, 1.82) is 0 Å². The predicted molar refractivity (Wildman–Crippen MR) is 138 cm³/mol. The van der Waals surface area contributed by atoms with Gasteiger partial charge in [-0.2, -0.15) is 26.3 Å². The van der Waals surface area contributed by atoms with Crippen molar-refractivity contribution in [2.75, 3.05) is 12.8 Å². The van der Waals surface area contributed by atoms with Crippen LogP contribution in [-0.4, -0.2) is 36.6 Å². The summed E-state index contributed by atoms with van der Waals surface area (Å²) in [7, 11) is -2.57. The molecule has 0 radical (unpaired) electrons. The van der Waals surface area contributed by atoms with E-state index in [9.17, 15) is 44.3 Å².